The first-order valence-corrected chi connectivity index (χ1v) is 29.8. The van der Waals surface area contributed by atoms with Crippen molar-refractivity contribution < 1.29 is 132 Å². The van der Waals surface area contributed by atoms with Crippen LogP contribution in [0.3, 0.4) is 0 Å². The van der Waals surface area contributed by atoms with Crippen molar-refractivity contribution in [2.24, 2.45) is 11.7 Å². The zero-order chi connectivity index (χ0) is 65.2. The molecule has 8 rings (SSSR count). The third-order valence-electron chi connectivity index (χ3n) is 15.3. The molecule has 486 valence electrons. The molecule has 0 saturated carbocycles. The number of benzene rings is 3. The molecule has 3 aliphatic rings. The number of aliphatic hydroxyl groups is 7. The van der Waals surface area contributed by atoms with E-state index in [9.17, 15) is 84.5 Å². The van der Waals surface area contributed by atoms with E-state index in [0.29, 0.717) is 27.8 Å². The summed E-state index contributed by atoms with van der Waals surface area (Å²) in [7, 11) is 0. The summed E-state index contributed by atoms with van der Waals surface area (Å²) < 4.78 is 16.4. The molecular weight excluding hydrogens is 1250 g/mol. The van der Waals surface area contributed by atoms with E-state index >= 15 is 0 Å². The minimum absolute atomic E-state index is 0. The molecule has 5 heterocycles. The fraction of sp³-hybridized carbons (Fsp3) is 0.464. The first-order chi connectivity index (χ1) is 42.9. The number of hydrogen-bond acceptors (Lipinski definition) is 25. The van der Waals surface area contributed by atoms with Crippen molar-refractivity contribution in [3.8, 4) is 39.1 Å². The van der Waals surface area contributed by atoms with Crippen LogP contribution in [0, 0.1) is 5.92 Å². The predicted molar refractivity (Wildman–Crippen MR) is 311 cm³/mol. The van der Waals surface area contributed by atoms with E-state index < -0.39 is 183 Å². The summed E-state index contributed by atoms with van der Waals surface area (Å²) in [4.78, 5) is 120. The van der Waals surface area contributed by atoms with Gasteiger partial charge in [-0.05, 0) is 67.4 Å². The van der Waals surface area contributed by atoms with Gasteiger partial charge in [0.25, 0.3) is 18.2 Å². The number of amides is 8. The Balaban J connectivity index is 0.0000118. The summed E-state index contributed by atoms with van der Waals surface area (Å²) in [5.41, 5.74) is 7.11. The number of nitrogens with one attached hydrogen (secondary N) is 5. The zero-order valence-corrected chi connectivity index (χ0v) is 53.0. The minimum atomic E-state index is -2.54. The molecule has 3 aliphatic heterocycles. The molecule has 3 fully saturated rings. The fourth-order valence-electron chi connectivity index (χ4n) is 10.5. The molecule has 0 bridgehead atoms. The standard InChI is InChI=1S/C56H69N11O21S2.Na/c1-4-5-16-85-33-13-10-27(11-14-33)35-24-67-56(60-35)89-53(64-67)29-8-6-28(7-9-29)48(77)59-34-18-31(69)21-58-52(81)44-45(74)25(2)22-66(44)55(83)42(38(72)20-40(57)73)62-51(80)43(47(76)46(75)30-12-15-37(71)39(17-30)86-90-88-87-84)63-50(79)36-19-32(70)23-65(36)54(82)41(26(3)68)61-49(34)78;/h6-15,17,24-26,31-32,34,36,38,41-47,68-72,74-76,84H,4-5,16,18-23H2,1-3H3,(H2,57,73)(H,58,81)(H,59,77)(H,61,78)(H,62,80)(H,63,79);/q;+1/p-1/t25?,26?,31?,32?,34-,36?,38?,41?,42?,43?,44?,45?,46?,47?;/m0./s1. The van der Waals surface area contributed by atoms with Gasteiger partial charge in [0.2, 0.25) is 46.3 Å². The summed E-state index contributed by atoms with van der Waals surface area (Å²) in [5.74, 6) is -11.3. The predicted octanol–water partition coefficient (Wildman–Crippen LogP) is -6.51. The van der Waals surface area contributed by atoms with Gasteiger partial charge < -0.3 is 97.1 Å². The second-order valence-electron chi connectivity index (χ2n) is 21.9. The number of unbranched alkanes of at least 4 members (excludes halogenated alkanes) is 1. The Kier molecular flexibility index (Phi) is 25.0. The molecule has 0 aliphatic carbocycles. The maximum atomic E-state index is 14.7. The first-order valence-electron chi connectivity index (χ1n) is 28.4. The number of carbonyl (C=O) groups excluding carboxylic acids is 8. The third-order valence-corrected chi connectivity index (χ3v) is 16.6. The molecule has 14 atom stereocenters. The van der Waals surface area contributed by atoms with E-state index in [1.54, 1.807) is 22.8 Å². The molecule has 0 spiro atoms. The number of aromatic nitrogens is 3. The minimum Gasteiger partial charge on any atom is -0.691 e. The summed E-state index contributed by atoms with van der Waals surface area (Å²) >= 11 is 1.18. The number of hydrogen-bond donors (Lipinski definition) is 14. The Hall–Kier alpha value is -7.13. The number of ether oxygens (including phenoxy) is 1. The number of aromatic hydroxyl groups is 1. The first kappa shape index (κ1) is 71.3. The summed E-state index contributed by atoms with van der Waals surface area (Å²) in [6, 6.07) is 4.10. The summed E-state index contributed by atoms with van der Waals surface area (Å²) in [5, 5.41) is 121. The van der Waals surface area contributed by atoms with Gasteiger partial charge in [0.15, 0.2) is 11.5 Å². The van der Waals surface area contributed by atoms with Gasteiger partial charge in [-0.1, -0.05) is 49.8 Å². The van der Waals surface area contributed by atoms with Crippen molar-refractivity contribution >= 4 is 75.9 Å². The second kappa shape index (κ2) is 31.9. The topological polar surface area (TPSA) is 481 Å². The van der Waals surface area contributed by atoms with Crippen LogP contribution in [-0.2, 0) is 42.9 Å². The van der Waals surface area contributed by atoms with Crippen LogP contribution >= 0.6 is 23.7 Å². The number of phenols is 1. The molecule has 0 radical (unpaired) electrons. The van der Waals surface area contributed by atoms with Gasteiger partial charge in [0.05, 0.1) is 55.4 Å². The fourth-order valence-corrected chi connectivity index (χ4v) is 11.6. The maximum Gasteiger partial charge on any atom is 1.00 e. The number of fused-ring (bicyclic) bond motifs is 3. The van der Waals surface area contributed by atoms with Crippen molar-refractivity contribution in [1.82, 2.24) is 51.0 Å². The van der Waals surface area contributed by atoms with Crippen molar-refractivity contribution in [2.45, 2.75) is 132 Å². The second-order valence-corrected chi connectivity index (χ2v) is 23.3. The van der Waals surface area contributed by atoms with Crippen LogP contribution < -0.4 is 76.1 Å². The maximum absolute atomic E-state index is 14.7. The molecule has 13 unspecified atom stereocenters. The molecule has 35 heteroatoms. The summed E-state index contributed by atoms with van der Waals surface area (Å²) in [6.07, 6.45) is -12.5. The smallest absolute Gasteiger partial charge is 0.691 e. The van der Waals surface area contributed by atoms with Crippen molar-refractivity contribution in [3.63, 3.8) is 0 Å². The SMILES string of the molecule is CCCCOc1ccc(-c2cn3nc(-c4ccc(C(=O)N[C@H]5CC(O)CNC(=O)C6C(O)C(C)CN6C(=O)C(C(O)CC(N)=O)NC(=O)C(C(O)C(O)c6ccc(O)c(OSOO[O-])c6)NC(=O)C6CC(O)CN6C(=O)C(C(C)O)NC5=O)cc4)sc3n2)cc1.[Na+]. The van der Waals surface area contributed by atoms with Crippen molar-refractivity contribution in [2.75, 3.05) is 26.2 Å². The molecule has 32 nitrogen and oxygen atoms in total. The monoisotopic (exact) mass is 1320 g/mol. The number of phenolic OH excluding ortho intramolecular Hbond substituents is 1. The number of imidazole rings is 1. The van der Waals surface area contributed by atoms with Gasteiger partial charge in [0.1, 0.15) is 59.2 Å². The Labute approximate surface area is 548 Å². The normalized spacial score (nSPS) is 25.1. The molecule has 15 N–H and O–H groups in total. The van der Waals surface area contributed by atoms with E-state index in [1.165, 1.54) is 30.4 Å². The van der Waals surface area contributed by atoms with E-state index in [1.807, 2.05) is 24.3 Å². The number of rotatable bonds is 19. The van der Waals surface area contributed by atoms with Gasteiger partial charge in [-0.25, -0.2) is 9.50 Å². The Morgan fingerprint density at radius 2 is 1.52 bits per heavy atom. The molecule has 91 heavy (non-hydrogen) atoms. The van der Waals surface area contributed by atoms with Gasteiger partial charge >= 0.3 is 29.6 Å². The molecule has 3 aromatic carbocycles. The van der Waals surface area contributed by atoms with Crippen LogP contribution in [-0.4, -0.2) is 212 Å². The number of carbonyl (C=O) groups is 8. The van der Waals surface area contributed by atoms with E-state index in [4.69, 9.17) is 19.6 Å². The molecule has 8 amide bonds. The average molecular weight is 1320 g/mol. The quantitative estimate of drug-likeness (QED) is 0.0120. The van der Waals surface area contributed by atoms with Crippen molar-refractivity contribution in [1.29, 1.82) is 0 Å². The molecular formula is C56H68N11NaO21S2. The zero-order valence-electron chi connectivity index (χ0n) is 49.4. The largest absolute Gasteiger partial charge is 1.00 e. The third kappa shape index (κ3) is 17.3. The molecule has 3 saturated heterocycles. The molecule has 2 aromatic heterocycles. The number of nitrogens with zero attached hydrogens (tertiary/aromatic N) is 5. The number of aliphatic hydroxyl groups excluding tert-OH is 7. The van der Waals surface area contributed by atoms with Crippen LogP contribution in [0.2, 0.25) is 0 Å². The van der Waals surface area contributed by atoms with Crippen LogP contribution in [0.25, 0.3) is 26.8 Å². The summed E-state index contributed by atoms with van der Waals surface area (Å²) in [6.45, 7) is 3.36. The van der Waals surface area contributed by atoms with E-state index in [2.05, 4.69) is 48.0 Å². The van der Waals surface area contributed by atoms with Gasteiger partial charge in [-0.2, -0.15) is 5.10 Å². The van der Waals surface area contributed by atoms with E-state index in [-0.39, 0.29) is 53.0 Å². The average Bonchev–Trinajstić information content (AvgIpc) is 1.78. The van der Waals surface area contributed by atoms with Crippen molar-refractivity contribution in [3.05, 3.63) is 84.1 Å². The van der Waals surface area contributed by atoms with Gasteiger partial charge in [0, 0.05) is 55.1 Å². The van der Waals surface area contributed by atoms with Crippen LogP contribution in [0.4, 0.5) is 0 Å². The Morgan fingerprint density at radius 3 is 2.18 bits per heavy atom. The molecule has 5 aromatic rings. The number of primary amides is 1. The Morgan fingerprint density at radius 1 is 0.846 bits per heavy atom. The number of nitrogens with two attached hydrogens (primary N) is 1. The Bertz CT molecular complexity index is 3370. The van der Waals surface area contributed by atoms with Gasteiger partial charge in [-0.15, -0.1) is 4.33 Å². The van der Waals surface area contributed by atoms with E-state index in [0.717, 1.165) is 59.1 Å². The van der Waals surface area contributed by atoms with Crippen LogP contribution in [0.5, 0.6) is 17.2 Å². The van der Waals surface area contributed by atoms with Crippen LogP contribution in [0.15, 0.2) is 72.9 Å². The van der Waals surface area contributed by atoms with Gasteiger partial charge in [-0.3, -0.25) is 43.4 Å². The number of β-amino-alcohol motifs (C(OH)–C–C–N with tert-alkyl or cyclic N) is 1. The van der Waals surface area contributed by atoms with Crippen LogP contribution in [0.1, 0.15) is 74.9 Å².